The minimum atomic E-state index is 0.255. The van der Waals surface area contributed by atoms with Crippen LogP contribution in [-0.4, -0.2) is 10.2 Å². The maximum atomic E-state index is 9.42. The molecule has 1 aromatic heterocycles. The lowest BCUT2D eigenvalue weighted by molar-refractivity contribution is 0.475. The van der Waals surface area contributed by atoms with Crippen LogP contribution in [0.2, 0.25) is 0 Å². The largest absolute Gasteiger partial charge is 0.508 e. The van der Waals surface area contributed by atoms with Crippen molar-refractivity contribution in [2.45, 2.75) is 0 Å². The van der Waals surface area contributed by atoms with Gasteiger partial charge >= 0.3 is 0 Å². The Hall–Kier alpha value is -1.74. The fraction of sp³-hybridized carbons (Fsp3) is 0. The van der Waals surface area contributed by atoms with Crippen LogP contribution in [0.5, 0.6) is 11.5 Å². The molecule has 2 N–H and O–H groups in total. The molecule has 0 aliphatic heterocycles. The Kier molecular flexibility index (Phi) is 1.64. The Bertz CT molecular complexity index is 599. The summed E-state index contributed by atoms with van der Waals surface area (Å²) < 4.78 is 2.24. The van der Waals surface area contributed by atoms with E-state index in [4.69, 9.17) is 0 Å². The average Bonchev–Trinajstić information content (AvgIpc) is 2.56. The van der Waals surface area contributed by atoms with E-state index in [-0.39, 0.29) is 11.5 Å². The molecule has 74 valence electrons. The zero-order valence-electron chi connectivity index (χ0n) is 7.77. The van der Waals surface area contributed by atoms with Gasteiger partial charge in [0.05, 0.1) is 0 Å². The van der Waals surface area contributed by atoms with Crippen LogP contribution in [0.15, 0.2) is 36.4 Å². The molecular weight excluding hydrogens is 208 g/mol. The molecule has 0 unspecified atom stereocenters. The molecule has 2 nitrogen and oxygen atoms in total. The van der Waals surface area contributed by atoms with Gasteiger partial charge in [-0.2, -0.15) is 0 Å². The summed E-state index contributed by atoms with van der Waals surface area (Å²) in [5, 5.41) is 20.8. The molecule has 0 bridgehead atoms. The minimum absolute atomic E-state index is 0.255. The summed E-state index contributed by atoms with van der Waals surface area (Å²) in [5.74, 6) is 0.510. The smallest absolute Gasteiger partial charge is 0.116 e. The second-order valence-corrected chi connectivity index (χ2v) is 4.55. The summed E-state index contributed by atoms with van der Waals surface area (Å²) in [7, 11) is 0. The first-order valence-corrected chi connectivity index (χ1v) is 5.40. The first-order chi connectivity index (χ1) is 7.24. The van der Waals surface area contributed by atoms with E-state index < -0.39 is 0 Å². The zero-order valence-corrected chi connectivity index (χ0v) is 8.58. The predicted molar refractivity (Wildman–Crippen MR) is 62.7 cm³/mol. The van der Waals surface area contributed by atoms with Gasteiger partial charge in [0.2, 0.25) is 0 Å². The topological polar surface area (TPSA) is 40.5 Å². The van der Waals surface area contributed by atoms with Crippen molar-refractivity contribution >= 4 is 31.5 Å². The Balaban J connectivity index is 2.55. The van der Waals surface area contributed by atoms with Crippen LogP contribution >= 0.6 is 11.3 Å². The number of hydrogen-bond acceptors (Lipinski definition) is 3. The van der Waals surface area contributed by atoms with Crippen LogP contribution < -0.4 is 0 Å². The maximum Gasteiger partial charge on any atom is 0.116 e. The van der Waals surface area contributed by atoms with Crippen molar-refractivity contribution in [1.82, 2.24) is 0 Å². The minimum Gasteiger partial charge on any atom is -0.508 e. The summed E-state index contributed by atoms with van der Waals surface area (Å²) in [6.45, 7) is 0. The number of phenolic OH excluding ortho intramolecular Hbond substituents is 2. The van der Waals surface area contributed by atoms with E-state index in [1.165, 1.54) is 0 Å². The monoisotopic (exact) mass is 216 g/mol. The van der Waals surface area contributed by atoms with Crippen molar-refractivity contribution in [2.24, 2.45) is 0 Å². The summed E-state index contributed by atoms with van der Waals surface area (Å²) in [6, 6.07) is 10.6. The van der Waals surface area contributed by atoms with E-state index in [0.29, 0.717) is 0 Å². The van der Waals surface area contributed by atoms with Crippen molar-refractivity contribution in [1.29, 1.82) is 0 Å². The Labute approximate surface area is 90.0 Å². The lowest BCUT2D eigenvalue weighted by atomic mass is 10.1. The van der Waals surface area contributed by atoms with Crippen molar-refractivity contribution < 1.29 is 10.2 Å². The number of aromatic hydroxyl groups is 2. The summed E-state index contributed by atoms with van der Waals surface area (Å²) in [5.41, 5.74) is 0. The van der Waals surface area contributed by atoms with Gasteiger partial charge in [0.15, 0.2) is 0 Å². The average molecular weight is 216 g/mol. The number of thiophene rings is 1. The third kappa shape index (κ3) is 1.24. The second-order valence-electron chi connectivity index (χ2n) is 3.46. The van der Waals surface area contributed by atoms with E-state index in [2.05, 4.69) is 0 Å². The van der Waals surface area contributed by atoms with Gasteiger partial charge in [0.1, 0.15) is 11.5 Å². The van der Waals surface area contributed by atoms with Crippen molar-refractivity contribution in [3.8, 4) is 11.5 Å². The molecule has 0 atom stereocenters. The molecular formula is C12H8O2S. The zero-order chi connectivity index (χ0) is 10.4. The van der Waals surface area contributed by atoms with Crippen LogP contribution in [0, 0.1) is 0 Å². The maximum absolute atomic E-state index is 9.42. The van der Waals surface area contributed by atoms with Gasteiger partial charge in [-0.3, -0.25) is 0 Å². The number of hydrogen-bond donors (Lipinski definition) is 2. The third-order valence-corrected chi connectivity index (χ3v) is 3.59. The fourth-order valence-electron chi connectivity index (χ4n) is 1.75. The molecule has 0 radical (unpaired) electrons. The van der Waals surface area contributed by atoms with Gasteiger partial charge in [-0.1, -0.05) is 0 Å². The van der Waals surface area contributed by atoms with Crippen LogP contribution in [0.25, 0.3) is 20.2 Å². The van der Waals surface area contributed by atoms with E-state index >= 15 is 0 Å². The summed E-state index contributed by atoms with van der Waals surface area (Å²) in [4.78, 5) is 0. The molecule has 1 heterocycles. The third-order valence-electron chi connectivity index (χ3n) is 2.44. The highest BCUT2D eigenvalue weighted by molar-refractivity contribution is 7.25. The van der Waals surface area contributed by atoms with Crippen molar-refractivity contribution in [2.75, 3.05) is 0 Å². The van der Waals surface area contributed by atoms with Crippen LogP contribution in [0.4, 0.5) is 0 Å². The molecule has 0 amide bonds. The molecule has 0 spiro atoms. The summed E-state index contributed by atoms with van der Waals surface area (Å²) >= 11 is 1.66. The lowest BCUT2D eigenvalue weighted by Gasteiger charge is -1.94. The van der Waals surface area contributed by atoms with Crippen LogP contribution in [0.3, 0.4) is 0 Å². The molecule has 2 aromatic carbocycles. The van der Waals surface area contributed by atoms with Gasteiger partial charge in [0, 0.05) is 20.2 Å². The molecule has 0 aliphatic carbocycles. The standard InChI is InChI=1S/C12H8O2S/c13-7-1-3-11-9(5-7)10-6-8(14)2-4-12(10)15-11/h1-6,13-14H. The highest BCUT2D eigenvalue weighted by Crippen LogP contribution is 2.36. The first kappa shape index (κ1) is 8.56. The molecule has 3 aromatic rings. The van der Waals surface area contributed by atoms with Crippen LogP contribution in [-0.2, 0) is 0 Å². The number of phenols is 2. The van der Waals surface area contributed by atoms with E-state index in [9.17, 15) is 10.2 Å². The molecule has 3 rings (SSSR count). The van der Waals surface area contributed by atoms with Gasteiger partial charge in [-0.25, -0.2) is 0 Å². The van der Waals surface area contributed by atoms with Crippen molar-refractivity contribution in [3.63, 3.8) is 0 Å². The summed E-state index contributed by atoms with van der Waals surface area (Å²) in [6.07, 6.45) is 0. The van der Waals surface area contributed by atoms with Gasteiger partial charge < -0.3 is 10.2 Å². The number of fused-ring (bicyclic) bond motifs is 3. The fourth-order valence-corrected chi connectivity index (χ4v) is 2.82. The van der Waals surface area contributed by atoms with E-state index in [1.54, 1.807) is 35.6 Å². The predicted octanol–water partition coefficient (Wildman–Crippen LogP) is 3.47. The molecule has 15 heavy (non-hydrogen) atoms. The Morgan fingerprint density at radius 1 is 0.733 bits per heavy atom. The van der Waals surface area contributed by atoms with E-state index in [0.717, 1.165) is 20.2 Å². The van der Waals surface area contributed by atoms with Crippen molar-refractivity contribution in [3.05, 3.63) is 36.4 Å². The second kappa shape index (κ2) is 2.87. The quantitative estimate of drug-likeness (QED) is 0.604. The molecule has 0 fully saturated rings. The highest BCUT2D eigenvalue weighted by Gasteiger charge is 2.05. The van der Waals surface area contributed by atoms with Gasteiger partial charge in [-0.15, -0.1) is 11.3 Å². The first-order valence-electron chi connectivity index (χ1n) is 4.58. The molecule has 0 saturated heterocycles. The number of rotatable bonds is 0. The normalized spacial score (nSPS) is 11.2. The lowest BCUT2D eigenvalue weighted by Crippen LogP contribution is -1.67. The van der Waals surface area contributed by atoms with Gasteiger partial charge in [0.25, 0.3) is 0 Å². The molecule has 0 saturated carbocycles. The highest BCUT2D eigenvalue weighted by atomic mass is 32.1. The van der Waals surface area contributed by atoms with Gasteiger partial charge in [-0.05, 0) is 36.4 Å². The number of benzene rings is 2. The van der Waals surface area contributed by atoms with E-state index in [1.807, 2.05) is 12.1 Å². The van der Waals surface area contributed by atoms with Crippen LogP contribution in [0.1, 0.15) is 0 Å². The Morgan fingerprint density at radius 3 is 1.67 bits per heavy atom. The molecule has 3 heteroatoms. The molecule has 0 aliphatic rings. The SMILES string of the molecule is Oc1ccc2sc3ccc(O)cc3c2c1. The Morgan fingerprint density at radius 2 is 1.20 bits per heavy atom.